The number of carbonyl (C=O) groups excluding carboxylic acids is 4. The van der Waals surface area contributed by atoms with E-state index in [2.05, 4.69) is 21.3 Å². The Morgan fingerprint density at radius 2 is 1.28 bits per heavy atom. The van der Waals surface area contributed by atoms with Crippen molar-refractivity contribution in [2.75, 3.05) is 18.5 Å². The van der Waals surface area contributed by atoms with Gasteiger partial charge < -0.3 is 31.5 Å². The molecule has 6 N–H and O–H groups in total. The molecule has 0 aromatic heterocycles. The van der Waals surface area contributed by atoms with Gasteiger partial charge in [-0.2, -0.15) is 0 Å². The summed E-state index contributed by atoms with van der Waals surface area (Å²) in [5.41, 5.74) is 0.724. The van der Waals surface area contributed by atoms with Gasteiger partial charge in [0.05, 0.1) is 18.9 Å². The van der Waals surface area contributed by atoms with Gasteiger partial charge in [0.1, 0.15) is 35.6 Å². The van der Waals surface area contributed by atoms with E-state index in [1.54, 1.807) is 30.3 Å². The van der Waals surface area contributed by atoms with Crippen molar-refractivity contribution in [3.05, 3.63) is 107 Å². The predicted molar refractivity (Wildman–Crippen MR) is 151 cm³/mol. The number of aliphatic hydroxyl groups excluding tert-OH is 2. The van der Waals surface area contributed by atoms with Gasteiger partial charge in [0, 0.05) is 18.6 Å². The summed E-state index contributed by atoms with van der Waals surface area (Å²) in [6.45, 7) is -1.73. The van der Waals surface area contributed by atoms with Crippen LogP contribution in [0.3, 0.4) is 0 Å². The highest BCUT2D eigenvalue weighted by molar-refractivity contribution is 5.99. The lowest BCUT2D eigenvalue weighted by Crippen LogP contribution is -2.58. The number of anilines is 1. The van der Waals surface area contributed by atoms with Crippen LogP contribution in [0.4, 0.5) is 18.9 Å². The van der Waals surface area contributed by atoms with Crippen LogP contribution in [0.25, 0.3) is 6.08 Å². The monoisotopic (exact) mass is 598 g/mol. The molecule has 10 nitrogen and oxygen atoms in total. The summed E-state index contributed by atoms with van der Waals surface area (Å²) in [5, 5.41) is 28.7. The van der Waals surface area contributed by atoms with Crippen molar-refractivity contribution in [1.82, 2.24) is 16.0 Å². The van der Waals surface area contributed by atoms with Gasteiger partial charge in [0.2, 0.25) is 23.6 Å². The van der Waals surface area contributed by atoms with E-state index >= 15 is 0 Å². The maximum absolute atomic E-state index is 14.0. The minimum absolute atomic E-state index is 0.0820. The maximum atomic E-state index is 14.0. The van der Waals surface area contributed by atoms with Crippen LogP contribution in [0.1, 0.15) is 11.1 Å². The van der Waals surface area contributed by atoms with E-state index in [9.17, 15) is 42.6 Å². The molecule has 0 saturated heterocycles. The summed E-state index contributed by atoms with van der Waals surface area (Å²) in [7, 11) is 0. The number of benzene rings is 3. The first-order valence-corrected chi connectivity index (χ1v) is 13.0. The second-order valence-electron chi connectivity index (χ2n) is 9.24. The van der Waals surface area contributed by atoms with Gasteiger partial charge in [-0.25, -0.2) is 13.2 Å². The number of rotatable bonds is 13. The zero-order valence-electron chi connectivity index (χ0n) is 22.6. The molecule has 13 heteroatoms. The number of hydrogen-bond acceptors (Lipinski definition) is 6. The molecule has 3 aromatic carbocycles. The van der Waals surface area contributed by atoms with Crippen LogP contribution in [-0.4, -0.2) is 65.2 Å². The van der Waals surface area contributed by atoms with Gasteiger partial charge in [0.15, 0.2) is 0 Å². The molecule has 0 unspecified atom stereocenters. The molecule has 3 atom stereocenters. The highest BCUT2D eigenvalue weighted by Gasteiger charge is 2.29. The molecule has 3 aromatic rings. The van der Waals surface area contributed by atoms with Crippen molar-refractivity contribution in [2.24, 2.45) is 0 Å². The second kappa shape index (κ2) is 15.8. The smallest absolute Gasteiger partial charge is 0.249 e. The lowest BCUT2D eigenvalue weighted by molar-refractivity contribution is -0.133. The molecule has 0 radical (unpaired) electrons. The predicted octanol–water partition coefficient (Wildman–Crippen LogP) is 1.44. The highest BCUT2D eigenvalue weighted by Crippen LogP contribution is 2.15. The first-order valence-electron chi connectivity index (χ1n) is 13.0. The first kappa shape index (κ1) is 32.5. The fourth-order valence-electron chi connectivity index (χ4n) is 3.77. The summed E-state index contributed by atoms with van der Waals surface area (Å²) in [4.78, 5) is 51.2. The minimum Gasteiger partial charge on any atom is -0.394 e. The van der Waals surface area contributed by atoms with Crippen LogP contribution in [0, 0.1) is 17.5 Å². The third-order valence-electron chi connectivity index (χ3n) is 6.03. The topological polar surface area (TPSA) is 157 Å². The van der Waals surface area contributed by atoms with E-state index in [4.69, 9.17) is 0 Å². The van der Waals surface area contributed by atoms with Crippen LogP contribution >= 0.6 is 0 Å². The normalized spacial score (nSPS) is 13.0. The van der Waals surface area contributed by atoms with Crippen molar-refractivity contribution in [3.8, 4) is 0 Å². The zero-order valence-corrected chi connectivity index (χ0v) is 22.6. The molecule has 43 heavy (non-hydrogen) atoms. The number of hydrogen-bond donors (Lipinski definition) is 6. The van der Waals surface area contributed by atoms with E-state index < -0.39 is 72.4 Å². The Morgan fingerprint density at radius 1 is 0.698 bits per heavy atom. The molecular weight excluding hydrogens is 569 g/mol. The van der Waals surface area contributed by atoms with Crippen molar-refractivity contribution in [1.29, 1.82) is 0 Å². The summed E-state index contributed by atoms with van der Waals surface area (Å²) in [6, 6.07) is 11.7. The standard InChI is InChI=1S/C30H29F3N4O6/c31-20-9-6-18(7-10-20)8-13-27(40)34-25(16-38)29(42)36-24(14-19-4-2-1-3-5-19)28(41)37-26(17-39)30(43)35-23-12-11-21(32)15-22(23)33/h1-13,15,24-26,38-39H,14,16-17H2,(H,34,40)(H,35,43)(H,36,42)(H,37,41)/b13-8+/t24-,25-,26-/m0/s1. The Kier molecular flexibility index (Phi) is 12.0. The van der Waals surface area contributed by atoms with Crippen LogP contribution in [0.2, 0.25) is 0 Å². The van der Waals surface area contributed by atoms with Crippen LogP contribution in [0.5, 0.6) is 0 Å². The minimum atomic E-state index is -1.59. The number of nitrogens with one attached hydrogen (secondary N) is 4. The fourth-order valence-corrected chi connectivity index (χ4v) is 3.77. The molecule has 0 bridgehead atoms. The number of halogens is 3. The van der Waals surface area contributed by atoms with E-state index in [0.717, 1.165) is 18.2 Å². The van der Waals surface area contributed by atoms with Crippen LogP contribution < -0.4 is 21.3 Å². The number of amides is 4. The Balaban J connectivity index is 1.70. The second-order valence-corrected chi connectivity index (χ2v) is 9.24. The lowest BCUT2D eigenvalue weighted by atomic mass is 10.0. The zero-order chi connectivity index (χ0) is 31.4. The molecule has 3 rings (SSSR count). The SMILES string of the molecule is O=C(/C=C/c1ccc(F)cc1)N[C@@H](CO)C(=O)N[C@@H](Cc1ccccc1)C(=O)N[C@@H](CO)C(=O)Nc1ccc(F)cc1F. The van der Waals surface area contributed by atoms with E-state index in [0.29, 0.717) is 17.2 Å². The van der Waals surface area contributed by atoms with Crippen molar-refractivity contribution in [3.63, 3.8) is 0 Å². The van der Waals surface area contributed by atoms with Gasteiger partial charge in [-0.1, -0.05) is 42.5 Å². The largest absolute Gasteiger partial charge is 0.394 e. The maximum Gasteiger partial charge on any atom is 0.249 e. The molecular formula is C30H29F3N4O6. The lowest BCUT2D eigenvalue weighted by Gasteiger charge is -2.24. The van der Waals surface area contributed by atoms with E-state index in [1.165, 1.54) is 30.3 Å². The highest BCUT2D eigenvalue weighted by atomic mass is 19.1. The fraction of sp³-hybridized carbons (Fsp3) is 0.200. The molecule has 0 heterocycles. The van der Waals surface area contributed by atoms with E-state index in [1.807, 2.05) is 0 Å². The molecule has 0 spiro atoms. The van der Waals surface area contributed by atoms with Gasteiger partial charge in [-0.05, 0) is 41.5 Å². The molecule has 0 saturated carbocycles. The van der Waals surface area contributed by atoms with Gasteiger partial charge in [-0.3, -0.25) is 19.2 Å². The Bertz CT molecular complexity index is 1450. The van der Waals surface area contributed by atoms with Crippen molar-refractivity contribution in [2.45, 2.75) is 24.5 Å². The Hall–Kier alpha value is -5.01. The average molecular weight is 599 g/mol. The van der Waals surface area contributed by atoms with Crippen LogP contribution in [0.15, 0.2) is 78.9 Å². The molecule has 0 fully saturated rings. The van der Waals surface area contributed by atoms with Gasteiger partial charge in [0.25, 0.3) is 0 Å². The van der Waals surface area contributed by atoms with Crippen molar-refractivity contribution < 1.29 is 42.6 Å². The van der Waals surface area contributed by atoms with Crippen molar-refractivity contribution >= 4 is 35.4 Å². The van der Waals surface area contributed by atoms with Gasteiger partial charge in [-0.15, -0.1) is 0 Å². The molecule has 0 aliphatic heterocycles. The molecule has 4 amide bonds. The first-order chi connectivity index (χ1) is 20.6. The Morgan fingerprint density at radius 3 is 1.91 bits per heavy atom. The van der Waals surface area contributed by atoms with Gasteiger partial charge >= 0.3 is 0 Å². The summed E-state index contributed by atoms with van der Waals surface area (Å²) >= 11 is 0. The number of carbonyl (C=O) groups is 4. The third-order valence-corrected chi connectivity index (χ3v) is 6.03. The van der Waals surface area contributed by atoms with E-state index in [-0.39, 0.29) is 12.1 Å². The average Bonchev–Trinajstić information content (AvgIpc) is 2.99. The molecule has 226 valence electrons. The number of aliphatic hydroxyl groups is 2. The molecule has 0 aliphatic rings. The quantitative estimate of drug-likeness (QED) is 0.164. The Labute approximate surface area is 244 Å². The summed E-state index contributed by atoms with van der Waals surface area (Å²) in [5.74, 6) is -6.02. The third kappa shape index (κ3) is 10.1. The molecule has 0 aliphatic carbocycles. The summed E-state index contributed by atoms with van der Waals surface area (Å²) < 4.78 is 40.2. The summed E-state index contributed by atoms with van der Waals surface area (Å²) in [6.07, 6.45) is 2.36. The van der Waals surface area contributed by atoms with Crippen LogP contribution in [-0.2, 0) is 25.6 Å².